The second-order valence-corrected chi connectivity index (χ2v) is 5.19. The van der Waals surface area contributed by atoms with Gasteiger partial charge in [0, 0.05) is 12.3 Å². The lowest BCUT2D eigenvalue weighted by molar-refractivity contribution is -0.116. The number of aromatic amines is 1. The van der Waals surface area contributed by atoms with Crippen molar-refractivity contribution in [3.05, 3.63) is 100 Å². The van der Waals surface area contributed by atoms with Gasteiger partial charge in [0.1, 0.15) is 0 Å². The van der Waals surface area contributed by atoms with E-state index in [2.05, 4.69) is 10.3 Å². The predicted molar refractivity (Wildman–Crippen MR) is 90.4 cm³/mol. The topological polar surface area (TPSA) is 62.0 Å². The van der Waals surface area contributed by atoms with E-state index in [9.17, 15) is 9.59 Å². The number of rotatable bonds is 4. The van der Waals surface area contributed by atoms with E-state index in [0.717, 1.165) is 11.1 Å². The Balaban J connectivity index is 1.93. The lowest BCUT2D eigenvalue weighted by atomic mass is 9.90. The van der Waals surface area contributed by atoms with Crippen molar-refractivity contribution in [2.75, 3.05) is 5.32 Å². The van der Waals surface area contributed by atoms with E-state index in [4.69, 9.17) is 0 Å². The molecule has 0 bridgehead atoms. The number of amides is 1. The Morgan fingerprint density at radius 2 is 1.39 bits per heavy atom. The smallest absolute Gasteiger partial charge is 0.248 e. The number of anilines is 1. The maximum Gasteiger partial charge on any atom is 0.248 e. The highest BCUT2D eigenvalue weighted by atomic mass is 16.2. The number of carbonyl (C=O) groups is 1. The molecule has 4 heteroatoms. The summed E-state index contributed by atoms with van der Waals surface area (Å²) in [6, 6.07) is 22.2. The molecule has 0 saturated carbocycles. The number of H-pyrrole nitrogens is 1. The monoisotopic (exact) mass is 304 g/mol. The standard InChI is InChI=1S/C19H16N2O2/c22-17-12-11-16(13-20-17)21-19(23)18(14-7-3-1-4-8-14)15-9-5-2-6-10-15/h1-13,18H,(H,20,22)(H,21,23). The summed E-state index contributed by atoms with van der Waals surface area (Å²) in [7, 11) is 0. The molecule has 0 radical (unpaired) electrons. The Hall–Kier alpha value is -3.14. The molecule has 2 N–H and O–H groups in total. The van der Waals surface area contributed by atoms with Crippen LogP contribution in [0.3, 0.4) is 0 Å². The van der Waals surface area contributed by atoms with Gasteiger partial charge in [-0.3, -0.25) is 9.59 Å². The van der Waals surface area contributed by atoms with Crippen LogP contribution in [0.5, 0.6) is 0 Å². The summed E-state index contributed by atoms with van der Waals surface area (Å²) in [5.74, 6) is -0.557. The quantitative estimate of drug-likeness (QED) is 0.778. The minimum Gasteiger partial charge on any atom is -0.327 e. The van der Waals surface area contributed by atoms with Crippen LogP contribution in [0.4, 0.5) is 5.69 Å². The SMILES string of the molecule is O=C(Nc1ccc(=O)[nH]c1)C(c1ccccc1)c1ccccc1. The third-order valence-corrected chi connectivity index (χ3v) is 3.58. The molecule has 114 valence electrons. The van der Waals surface area contributed by atoms with Gasteiger partial charge in [0.15, 0.2) is 0 Å². The number of nitrogens with one attached hydrogen (secondary N) is 2. The second-order valence-electron chi connectivity index (χ2n) is 5.19. The number of carbonyl (C=O) groups excluding carboxylic acids is 1. The molecule has 0 fully saturated rings. The zero-order valence-electron chi connectivity index (χ0n) is 12.4. The molecule has 1 amide bonds. The first-order chi connectivity index (χ1) is 11.2. The third kappa shape index (κ3) is 3.55. The molecule has 3 rings (SSSR count). The van der Waals surface area contributed by atoms with E-state index in [1.165, 1.54) is 12.3 Å². The fraction of sp³-hybridized carbons (Fsp3) is 0.0526. The summed E-state index contributed by atoms with van der Waals surface area (Å²) in [6.45, 7) is 0. The lowest BCUT2D eigenvalue weighted by Crippen LogP contribution is -2.22. The highest BCUT2D eigenvalue weighted by Gasteiger charge is 2.22. The van der Waals surface area contributed by atoms with Crippen LogP contribution in [0.1, 0.15) is 17.0 Å². The summed E-state index contributed by atoms with van der Waals surface area (Å²) in [6.07, 6.45) is 1.49. The Morgan fingerprint density at radius 3 is 1.87 bits per heavy atom. The molecule has 1 aromatic heterocycles. The van der Waals surface area contributed by atoms with Crippen LogP contribution in [0.2, 0.25) is 0 Å². The van der Waals surface area contributed by atoms with Crippen LogP contribution in [-0.4, -0.2) is 10.9 Å². The average molecular weight is 304 g/mol. The van der Waals surface area contributed by atoms with Crippen LogP contribution >= 0.6 is 0 Å². The number of benzene rings is 2. The molecule has 1 heterocycles. The van der Waals surface area contributed by atoms with Gasteiger partial charge in [-0.1, -0.05) is 60.7 Å². The fourth-order valence-electron chi connectivity index (χ4n) is 2.49. The Kier molecular flexibility index (Phi) is 4.34. The number of pyridine rings is 1. The maximum absolute atomic E-state index is 12.8. The second kappa shape index (κ2) is 6.75. The summed E-state index contributed by atoms with van der Waals surface area (Å²) in [5.41, 5.74) is 2.19. The van der Waals surface area contributed by atoms with Crippen molar-refractivity contribution in [1.82, 2.24) is 4.98 Å². The minimum absolute atomic E-state index is 0.144. The molecule has 0 aliphatic heterocycles. The van der Waals surface area contributed by atoms with Gasteiger partial charge in [0.05, 0.1) is 11.6 Å². The maximum atomic E-state index is 12.8. The summed E-state index contributed by atoms with van der Waals surface area (Å²) >= 11 is 0. The van der Waals surface area contributed by atoms with Crippen LogP contribution in [-0.2, 0) is 4.79 Å². The molecule has 23 heavy (non-hydrogen) atoms. The normalized spacial score (nSPS) is 10.5. The van der Waals surface area contributed by atoms with Gasteiger partial charge in [0.2, 0.25) is 11.5 Å². The average Bonchev–Trinajstić information content (AvgIpc) is 2.59. The van der Waals surface area contributed by atoms with E-state index >= 15 is 0 Å². The van der Waals surface area contributed by atoms with Gasteiger partial charge in [-0.25, -0.2) is 0 Å². The first-order valence-electron chi connectivity index (χ1n) is 7.33. The first kappa shape index (κ1) is 14.8. The van der Waals surface area contributed by atoms with Gasteiger partial charge in [-0.15, -0.1) is 0 Å². The van der Waals surface area contributed by atoms with Gasteiger partial charge in [-0.05, 0) is 17.2 Å². The molecule has 0 saturated heterocycles. The van der Waals surface area contributed by atoms with Gasteiger partial charge >= 0.3 is 0 Å². The zero-order chi connectivity index (χ0) is 16.1. The molecule has 0 unspecified atom stereocenters. The van der Waals surface area contributed by atoms with Gasteiger partial charge < -0.3 is 10.3 Å². The van der Waals surface area contributed by atoms with E-state index in [-0.39, 0.29) is 11.5 Å². The first-order valence-corrected chi connectivity index (χ1v) is 7.33. The fourth-order valence-corrected chi connectivity index (χ4v) is 2.49. The van der Waals surface area contributed by atoms with Crippen molar-refractivity contribution in [1.29, 1.82) is 0 Å². The minimum atomic E-state index is -0.413. The van der Waals surface area contributed by atoms with E-state index in [0.29, 0.717) is 5.69 Å². The van der Waals surface area contributed by atoms with E-state index in [1.807, 2.05) is 60.7 Å². The Bertz CT molecular complexity index is 782. The lowest BCUT2D eigenvalue weighted by Gasteiger charge is -2.17. The van der Waals surface area contributed by atoms with Gasteiger partial charge in [0.25, 0.3) is 0 Å². The summed E-state index contributed by atoms with van der Waals surface area (Å²) in [4.78, 5) is 26.5. The van der Waals surface area contributed by atoms with Crippen molar-refractivity contribution < 1.29 is 4.79 Å². The molecule has 0 atom stereocenters. The van der Waals surface area contributed by atoms with Crippen LogP contribution < -0.4 is 10.9 Å². The Morgan fingerprint density at radius 1 is 0.826 bits per heavy atom. The summed E-state index contributed by atoms with van der Waals surface area (Å²) in [5, 5.41) is 2.86. The summed E-state index contributed by atoms with van der Waals surface area (Å²) < 4.78 is 0. The third-order valence-electron chi connectivity index (χ3n) is 3.58. The van der Waals surface area contributed by atoms with E-state index < -0.39 is 5.92 Å². The molecule has 0 aliphatic rings. The van der Waals surface area contributed by atoms with Crippen LogP contribution in [0.25, 0.3) is 0 Å². The van der Waals surface area contributed by atoms with Crippen LogP contribution in [0, 0.1) is 0 Å². The highest BCUT2D eigenvalue weighted by molar-refractivity contribution is 5.98. The molecule has 0 aliphatic carbocycles. The van der Waals surface area contributed by atoms with Crippen molar-refractivity contribution in [3.63, 3.8) is 0 Å². The van der Waals surface area contributed by atoms with Gasteiger partial charge in [-0.2, -0.15) is 0 Å². The van der Waals surface area contributed by atoms with E-state index in [1.54, 1.807) is 6.07 Å². The molecule has 0 spiro atoms. The molecule has 4 nitrogen and oxygen atoms in total. The van der Waals surface area contributed by atoms with Crippen molar-refractivity contribution in [3.8, 4) is 0 Å². The molecular formula is C19H16N2O2. The largest absolute Gasteiger partial charge is 0.327 e. The Labute approximate surface area is 133 Å². The molecule has 2 aromatic carbocycles. The number of hydrogen-bond acceptors (Lipinski definition) is 2. The van der Waals surface area contributed by atoms with Crippen molar-refractivity contribution >= 4 is 11.6 Å². The predicted octanol–water partition coefficient (Wildman–Crippen LogP) is 3.15. The number of aromatic nitrogens is 1. The van der Waals surface area contributed by atoms with Crippen LogP contribution in [0.15, 0.2) is 83.8 Å². The van der Waals surface area contributed by atoms with Crippen molar-refractivity contribution in [2.45, 2.75) is 5.92 Å². The highest BCUT2D eigenvalue weighted by Crippen LogP contribution is 2.26. The zero-order valence-corrected chi connectivity index (χ0v) is 12.4. The molecule has 3 aromatic rings. The van der Waals surface area contributed by atoms with Crippen molar-refractivity contribution in [2.24, 2.45) is 0 Å². The molecular weight excluding hydrogens is 288 g/mol. The number of hydrogen-bond donors (Lipinski definition) is 2.